The Morgan fingerprint density at radius 1 is 1.17 bits per heavy atom. The minimum absolute atomic E-state index is 0.149. The highest BCUT2D eigenvalue weighted by atomic mass is 16.6. The van der Waals surface area contributed by atoms with Gasteiger partial charge in [0.1, 0.15) is 11.6 Å². The molecule has 1 aliphatic heterocycles. The van der Waals surface area contributed by atoms with Crippen LogP contribution in [0.1, 0.15) is 70.5 Å². The fraction of sp³-hybridized carbons (Fsp3) is 0.609. The maximum Gasteiger partial charge on any atom is 0.408 e. The van der Waals surface area contributed by atoms with Crippen molar-refractivity contribution in [2.75, 3.05) is 7.11 Å². The molecular weight excluding hydrogens is 384 g/mol. The summed E-state index contributed by atoms with van der Waals surface area (Å²) in [7, 11) is 1.32. The number of fused-ring (bicyclic) bond motifs is 2. The monoisotopic (exact) mass is 418 g/mol. The van der Waals surface area contributed by atoms with Crippen molar-refractivity contribution in [3.63, 3.8) is 0 Å². The normalized spacial score (nSPS) is 23.1. The van der Waals surface area contributed by atoms with Gasteiger partial charge in [0.25, 0.3) is 0 Å². The van der Waals surface area contributed by atoms with Gasteiger partial charge in [-0.25, -0.2) is 9.59 Å². The van der Waals surface area contributed by atoms with Crippen LogP contribution >= 0.6 is 0 Å². The number of nitrogens with one attached hydrogen (secondary N) is 2. The second-order valence-corrected chi connectivity index (χ2v) is 8.92. The summed E-state index contributed by atoms with van der Waals surface area (Å²) >= 11 is 0. The molecule has 30 heavy (non-hydrogen) atoms. The smallest absolute Gasteiger partial charge is 0.408 e. The van der Waals surface area contributed by atoms with E-state index in [1.165, 1.54) is 7.11 Å². The second-order valence-electron chi connectivity index (χ2n) is 8.92. The SMILES string of the molecule is COC(=O)[C@H]1Cc2cccc(c2)[C@@H](NC(=O)OC(C)(C)C)CCCC[C@@H](C)C(=O)N1. The van der Waals surface area contributed by atoms with Crippen molar-refractivity contribution in [3.8, 4) is 0 Å². The van der Waals surface area contributed by atoms with Crippen LogP contribution in [0.25, 0.3) is 0 Å². The first kappa shape index (κ1) is 23.7. The van der Waals surface area contributed by atoms with Gasteiger partial charge in [-0.15, -0.1) is 0 Å². The molecule has 1 aromatic rings. The second kappa shape index (κ2) is 10.5. The quantitative estimate of drug-likeness (QED) is 0.715. The number of ether oxygens (including phenoxy) is 2. The Morgan fingerprint density at radius 2 is 1.87 bits per heavy atom. The number of methoxy groups -OCH3 is 1. The van der Waals surface area contributed by atoms with Crippen LogP contribution < -0.4 is 10.6 Å². The topological polar surface area (TPSA) is 93.7 Å². The molecule has 166 valence electrons. The zero-order valence-corrected chi connectivity index (χ0v) is 18.6. The van der Waals surface area contributed by atoms with E-state index in [4.69, 9.17) is 9.47 Å². The van der Waals surface area contributed by atoms with Gasteiger partial charge in [-0.1, -0.05) is 44.0 Å². The Kier molecular flexibility index (Phi) is 8.26. The lowest BCUT2D eigenvalue weighted by atomic mass is 9.96. The summed E-state index contributed by atoms with van der Waals surface area (Å²) in [6.45, 7) is 7.35. The standard InChI is InChI=1S/C23H34N2O5/c1-15-9-6-7-12-18(25-22(28)30-23(2,3)4)17-11-8-10-16(13-17)14-19(21(27)29-5)24-20(15)26/h8,10-11,13,15,18-19H,6-7,9,12,14H2,1-5H3,(H,24,26)(H,25,28)/t15-,18+,19-/m1/s1. The molecule has 2 bridgehead atoms. The van der Waals surface area contributed by atoms with Crippen LogP contribution in [0.4, 0.5) is 4.79 Å². The van der Waals surface area contributed by atoms with Gasteiger partial charge in [-0.3, -0.25) is 4.79 Å². The molecule has 0 saturated heterocycles. The maximum absolute atomic E-state index is 12.5. The number of benzene rings is 1. The first-order valence-corrected chi connectivity index (χ1v) is 10.6. The molecule has 0 saturated carbocycles. The molecule has 1 aromatic carbocycles. The molecule has 0 radical (unpaired) electrons. The van der Waals surface area contributed by atoms with Gasteiger partial charge >= 0.3 is 12.1 Å². The van der Waals surface area contributed by atoms with E-state index in [0.29, 0.717) is 12.8 Å². The maximum atomic E-state index is 12.5. The number of rotatable bonds is 2. The predicted molar refractivity (Wildman–Crippen MR) is 114 cm³/mol. The average Bonchev–Trinajstić information content (AvgIpc) is 2.67. The van der Waals surface area contributed by atoms with Gasteiger partial charge in [-0.05, 0) is 44.7 Å². The molecule has 2 N–H and O–H groups in total. The van der Waals surface area contributed by atoms with Gasteiger partial charge in [0.2, 0.25) is 5.91 Å². The molecule has 3 atom stereocenters. The van der Waals surface area contributed by atoms with Crippen molar-refractivity contribution in [3.05, 3.63) is 35.4 Å². The summed E-state index contributed by atoms with van der Waals surface area (Å²) in [5.41, 5.74) is 1.25. The molecule has 0 aromatic heterocycles. The fourth-order valence-electron chi connectivity index (χ4n) is 3.52. The van der Waals surface area contributed by atoms with Crippen LogP contribution in [0.5, 0.6) is 0 Å². The summed E-state index contributed by atoms with van der Waals surface area (Å²) in [6, 6.07) is 6.76. The summed E-state index contributed by atoms with van der Waals surface area (Å²) in [5.74, 6) is -0.832. The minimum atomic E-state index is -0.752. The molecule has 1 heterocycles. The lowest BCUT2D eigenvalue weighted by Crippen LogP contribution is -2.45. The fourth-order valence-corrected chi connectivity index (χ4v) is 3.52. The molecule has 1 aliphatic rings. The minimum Gasteiger partial charge on any atom is -0.467 e. The summed E-state index contributed by atoms with van der Waals surface area (Å²) in [6.07, 6.45) is 2.98. The van der Waals surface area contributed by atoms with E-state index in [0.717, 1.165) is 30.4 Å². The van der Waals surface area contributed by atoms with E-state index < -0.39 is 23.7 Å². The third kappa shape index (κ3) is 7.35. The zero-order chi connectivity index (χ0) is 22.3. The van der Waals surface area contributed by atoms with Crippen LogP contribution in [0.3, 0.4) is 0 Å². The number of hydrogen-bond donors (Lipinski definition) is 2. The molecule has 0 fully saturated rings. The molecule has 0 aliphatic carbocycles. The largest absolute Gasteiger partial charge is 0.467 e. The Hall–Kier alpha value is -2.57. The molecule has 0 spiro atoms. The molecular formula is C23H34N2O5. The van der Waals surface area contributed by atoms with Crippen molar-refractivity contribution < 1.29 is 23.9 Å². The molecule has 7 heteroatoms. The van der Waals surface area contributed by atoms with Gasteiger partial charge in [0.15, 0.2) is 0 Å². The molecule has 0 unspecified atom stereocenters. The van der Waals surface area contributed by atoms with Crippen LogP contribution in [0.2, 0.25) is 0 Å². The van der Waals surface area contributed by atoms with Crippen LogP contribution in [-0.2, 0) is 25.5 Å². The van der Waals surface area contributed by atoms with Crippen molar-refractivity contribution >= 4 is 18.0 Å². The summed E-state index contributed by atoms with van der Waals surface area (Å²) in [4.78, 5) is 37.1. The molecule has 2 rings (SSSR count). The lowest BCUT2D eigenvalue weighted by molar-refractivity contribution is -0.145. The lowest BCUT2D eigenvalue weighted by Gasteiger charge is -2.24. The average molecular weight is 419 g/mol. The van der Waals surface area contributed by atoms with Crippen LogP contribution in [0.15, 0.2) is 24.3 Å². The highest BCUT2D eigenvalue weighted by molar-refractivity contribution is 5.85. The van der Waals surface area contributed by atoms with E-state index in [1.54, 1.807) is 0 Å². The van der Waals surface area contributed by atoms with E-state index >= 15 is 0 Å². The Labute approximate surface area is 178 Å². The number of esters is 1. The van der Waals surface area contributed by atoms with Crippen molar-refractivity contribution in [2.24, 2.45) is 5.92 Å². The Morgan fingerprint density at radius 3 is 2.53 bits per heavy atom. The van der Waals surface area contributed by atoms with Crippen LogP contribution in [0, 0.1) is 5.92 Å². The van der Waals surface area contributed by atoms with Gasteiger partial charge in [0.05, 0.1) is 13.2 Å². The van der Waals surface area contributed by atoms with E-state index in [9.17, 15) is 14.4 Å². The highest BCUT2D eigenvalue weighted by Crippen LogP contribution is 2.24. The molecule has 2 amide bonds. The van der Waals surface area contributed by atoms with Gasteiger partial charge < -0.3 is 20.1 Å². The number of amides is 2. The first-order chi connectivity index (χ1) is 14.1. The molecule has 7 nitrogen and oxygen atoms in total. The zero-order valence-electron chi connectivity index (χ0n) is 18.6. The van der Waals surface area contributed by atoms with Crippen molar-refractivity contribution in [2.45, 2.75) is 77.5 Å². The van der Waals surface area contributed by atoms with E-state index in [-0.39, 0.29) is 17.9 Å². The highest BCUT2D eigenvalue weighted by Gasteiger charge is 2.26. The van der Waals surface area contributed by atoms with Crippen molar-refractivity contribution in [1.29, 1.82) is 0 Å². The van der Waals surface area contributed by atoms with Crippen molar-refractivity contribution in [1.82, 2.24) is 10.6 Å². The summed E-state index contributed by atoms with van der Waals surface area (Å²) in [5, 5.41) is 5.81. The third-order valence-corrected chi connectivity index (χ3v) is 5.11. The van der Waals surface area contributed by atoms with E-state index in [1.807, 2.05) is 52.0 Å². The number of carbonyl (C=O) groups excluding carboxylic acids is 3. The Bertz CT molecular complexity index is 756. The van der Waals surface area contributed by atoms with Crippen LogP contribution in [-0.4, -0.2) is 36.7 Å². The third-order valence-electron chi connectivity index (χ3n) is 5.11. The van der Waals surface area contributed by atoms with E-state index in [2.05, 4.69) is 10.6 Å². The number of carbonyl (C=O) groups is 3. The van der Waals surface area contributed by atoms with Gasteiger partial charge in [-0.2, -0.15) is 0 Å². The first-order valence-electron chi connectivity index (χ1n) is 10.6. The number of hydrogen-bond acceptors (Lipinski definition) is 5. The summed E-state index contributed by atoms with van der Waals surface area (Å²) < 4.78 is 10.3. The van der Waals surface area contributed by atoms with Gasteiger partial charge in [0, 0.05) is 12.3 Å². The number of alkyl carbamates (subject to hydrolysis) is 1. The predicted octanol–water partition coefficient (Wildman–Crippen LogP) is 3.66. The Balaban J connectivity index is 2.29.